The van der Waals surface area contributed by atoms with Gasteiger partial charge in [0.05, 0.1) is 12.0 Å². The number of amides is 2. The van der Waals surface area contributed by atoms with E-state index in [9.17, 15) is 14.4 Å². The van der Waals surface area contributed by atoms with Crippen molar-refractivity contribution >= 4 is 11.8 Å². The lowest BCUT2D eigenvalue weighted by Crippen LogP contribution is -2.38. The van der Waals surface area contributed by atoms with Gasteiger partial charge in [-0.2, -0.15) is 0 Å². The number of carbonyl (C=O) groups is 2. The normalized spacial score (nSPS) is 17.5. The van der Waals surface area contributed by atoms with Crippen LogP contribution >= 0.6 is 0 Å². The Morgan fingerprint density at radius 1 is 1.29 bits per heavy atom. The molecule has 2 aliphatic rings. The molecule has 6 heteroatoms. The number of nitrogens with one attached hydrogen (secondary N) is 1. The van der Waals surface area contributed by atoms with Crippen LogP contribution in [0.5, 0.6) is 0 Å². The monoisotopic (exact) mass is 291 g/mol. The van der Waals surface area contributed by atoms with Gasteiger partial charge >= 0.3 is 5.63 Å². The summed E-state index contributed by atoms with van der Waals surface area (Å²) in [5, 5.41) is 2.25. The fraction of sp³-hybridized carbons (Fsp3) is 0.533. The summed E-state index contributed by atoms with van der Waals surface area (Å²) in [6, 6.07) is 1.33. The second-order valence-electron chi connectivity index (χ2n) is 5.56. The minimum Gasteiger partial charge on any atom is -0.426 e. The number of carbonyl (C=O) groups excluding carboxylic acids is 2. The zero-order valence-corrected chi connectivity index (χ0v) is 11.6. The molecule has 21 heavy (non-hydrogen) atoms. The molecule has 1 aromatic heterocycles. The highest BCUT2D eigenvalue weighted by Crippen LogP contribution is 2.28. The topological polar surface area (TPSA) is 85.6 Å². The lowest BCUT2D eigenvalue weighted by atomic mass is 9.98. The molecule has 0 spiro atoms. The van der Waals surface area contributed by atoms with E-state index in [4.69, 9.17) is 9.15 Å². The Morgan fingerprint density at radius 2 is 2.10 bits per heavy atom. The molecule has 0 unspecified atom stereocenters. The van der Waals surface area contributed by atoms with Gasteiger partial charge in [-0.1, -0.05) is 0 Å². The standard InChI is InChI=1S/C15H17NO5/c17-12-7-11-14(15(19)16-12)10(6-13(18)21-11)2-1-5-20-8-9-3-4-9/h6,9H,1-5,7-8H2,(H,16,17,19). The van der Waals surface area contributed by atoms with Gasteiger partial charge < -0.3 is 9.15 Å². The van der Waals surface area contributed by atoms with E-state index >= 15 is 0 Å². The maximum absolute atomic E-state index is 11.9. The molecule has 112 valence electrons. The van der Waals surface area contributed by atoms with Crippen molar-refractivity contribution in [2.24, 2.45) is 5.92 Å². The van der Waals surface area contributed by atoms with E-state index in [-0.39, 0.29) is 12.2 Å². The molecule has 0 saturated heterocycles. The zero-order valence-electron chi connectivity index (χ0n) is 11.6. The first-order chi connectivity index (χ1) is 10.1. The zero-order chi connectivity index (χ0) is 14.8. The van der Waals surface area contributed by atoms with Crippen LogP contribution in [0.2, 0.25) is 0 Å². The number of aryl methyl sites for hydroxylation is 1. The molecule has 6 nitrogen and oxygen atoms in total. The Kier molecular flexibility index (Phi) is 3.88. The van der Waals surface area contributed by atoms with E-state index in [1.54, 1.807) is 0 Å². The fourth-order valence-electron chi connectivity index (χ4n) is 2.47. The first-order valence-electron chi connectivity index (χ1n) is 7.21. The van der Waals surface area contributed by atoms with E-state index in [0.29, 0.717) is 24.2 Å². The number of hydrogen-bond acceptors (Lipinski definition) is 5. The second-order valence-corrected chi connectivity index (χ2v) is 5.56. The largest absolute Gasteiger partial charge is 0.426 e. The summed E-state index contributed by atoms with van der Waals surface area (Å²) in [7, 11) is 0. The van der Waals surface area contributed by atoms with Crippen LogP contribution in [0.25, 0.3) is 0 Å². The van der Waals surface area contributed by atoms with Gasteiger partial charge in [-0.25, -0.2) is 4.79 Å². The molecule has 1 aliphatic heterocycles. The van der Waals surface area contributed by atoms with E-state index in [1.165, 1.54) is 18.9 Å². The van der Waals surface area contributed by atoms with Crippen molar-refractivity contribution < 1.29 is 18.7 Å². The van der Waals surface area contributed by atoms with Crippen LogP contribution in [0.3, 0.4) is 0 Å². The molecule has 2 heterocycles. The summed E-state index contributed by atoms with van der Waals surface area (Å²) in [5.41, 5.74) is 0.433. The number of rotatable bonds is 6. The average Bonchev–Trinajstić information content (AvgIpc) is 3.20. The van der Waals surface area contributed by atoms with Crippen LogP contribution < -0.4 is 10.9 Å². The molecule has 0 radical (unpaired) electrons. The van der Waals surface area contributed by atoms with Crippen molar-refractivity contribution in [3.63, 3.8) is 0 Å². The minimum atomic E-state index is -0.523. The quantitative estimate of drug-likeness (QED) is 0.619. The van der Waals surface area contributed by atoms with Crippen molar-refractivity contribution in [3.05, 3.63) is 33.4 Å². The fourth-order valence-corrected chi connectivity index (χ4v) is 2.47. The number of ether oxygens (including phenoxy) is 1. The SMILES string of the molecule is O=C1Cc2oc(=O)cc(CCCOCC3CC3)c2C(=O)N1. The summed E-state index contributed by atoms with van der Waals surface area (Å²) in [6.45, 7) is 1.40. The Morgan fingerprint density at radius 3 is 2.86 bits per heavy atom. The highest BCUT2D eigenvalue weighted by Gasteiger charge is 2.28. The van der Waals surface area contributed by atoms with Gasteiger partial charge in [0.2, 0.25) is 5.91 Å². The van der Waals surface area contributed by atoms with Gasteiger partial charge in [0.1, 0.15) is 5.76 Å². The minimum absolute atomic E-state index is 0.0671. The number of hydrogen-bond donors (Lipinski definition) is 1. The average molecular weight is 291 g/mol. The van der Waals surface area contributed by atoms with Gasteiger partial charge in [0, 0.05) is 19.3 Å². The second kappa shape index (κ2) is 5.81. The molecule has 1 N–H and O–H groups in total. The highest BCUT2D eigenvalue weighted by atomic mass is 16.5. The first-order valence-corrected chi connectivity index (χ1v) is 7.21. The first kappa shape index (κ1) is 14.0. The van der Waals surface area contributed by atoms with Crippen molar-refractivity contribution in [1.29, 1.82) is 0 Å². The molecule has 2 amide bonds. The number of fused-ring (bicyclic) bond motifs is 1. The molecule has 0 bridgehead atoms. The van der Waals surface area contributed by atoms with Gasteiger partial charge in [0.15, 0.2) is 0 Å². The van der Waals surface area contributed by atoms with E-state index < -0.39 is 17.4 Å². The Balaban J connectivity index is 1.67. The van der Waals surface area contributed by atoms with Crippen LogP contribution in [0.4, 0.5) is 0 Å². The Labute approximate surface area is 121 Å². The highest BCUT2D eigenvalue weighted by molar-refractivity contribution is 6.09. The van der Waals surface area contributed by atoms with E-state index in [1.807, 2.05) is 0 Å². The smallest absolute Gasteiger partial charge is 0.336 e. The molecule has 1 aliphatic carbocycles. The van der Waals surface area contributed by atoms with Crippen LogP contribution in [-0.2, 0) is 22.4 Å². The summed E-state index contributed by atoms with van der Waals surface area (Å²) in [4.78, 5) is 34.7. The Hall–Kier alpha value is -1.95. The maximum Gasteiger partial charge on any atom is 0.336 e. The van der Waals surface area contributed by atoms with Crippen molar-refractivity contribution in [2.45, 2.75) is 32.1 Å². The molecule has 1 aromatic rings. The van der Waals surface area contributed by atoms with Crippen LogP contribution in [0.15, 0.2) is 15.3 Å². The summed E-state index contributed by atoms with van der Waals surface area (Å²) in [5.74, 6) is -0.0390. The van der Waals surface area contributed by atoms with Gasteiger partial charge in [-0.3, -0.25) is 14.9 Å². The molecular formula is C15H17NO5. The van der Waals surface area contributed by atoms with Crippen LogP contribution in [0.1, 0.15) is 40.9 Å². The van der Waals surface area contributed by atoms with E-state index in [2.05, 4.69) is 5.32 Å². The predicted octanol–water partition coefficient (Wildman–Crippen LogP) is 0.811. The third-order valence-electron chi connectivity index (χ3n) is 3.70. The lowest BCUT2D eigenvalue weighted by Gasteiger charge is -2.16. The molecule has 1 fully saturated rings. The van der Waals surface area contributed by atoms with Crippen molar-refractivity contribution in [2.75, 3.05) is 13.2 Å². The van der Waals surface area contributed by atoms with Crippen molar-refractivity contribution in [3.8, 4) is 0 Å². The van der Waals surface area contributed by atoms with Crippen molar-refractivity contribution in [1.82, 2.24) is 5.32 Å². The maximum atomic E-state index is 11.9. The molecule has 0 aromatic carbocycles. The molecule has 3 rings (SSSR count). The third kappa shape index (κ3) is 3.39. The van der Waals surface area contributed by atoms with Gasteiger partial charge in [0.25, 0.3) is 5.91 Å². The van der Waals surface area contributed by atoms with Crippen LogP contribution in [0, 0.1) is 5.92 Å². The van der Waals surface area contributed by atoms with Gasteiger partial charge in [-0.05, 0) is 37.2 Å². The molecule has 0 atom stereocenters. The summed E-state index contributed by atoms with van der Waals surface area (Å²) < 4.78 is 10.5. The third-order valence-corrected chi connectivity index (χ3v) is 3.70. The molecule has 1 saturated carbocycles. The number of imide groups is 1. The van der Waals surface area contributed by atoms with E-state index in [0.717, 1.165) is 18.9 Å². The van der Waals surface area contributed by atoms with Gasteiger partial charge in [-0.15, -0.1) is 0 Å². The summed E-state index contributed by atoms with van der Waals surface area (Å²) >= 11 is 0. The predicted molar refractivity (Wildman–Crippen MR) is 73.0 cm³/mol. The van der Waals surface area contributed by atoms with Crippen LogP contribution in [-0.4, -0.2) is 25.0 Å². The Bertz CT molecular complexity index is 629. The lowest BCUT2D eigenvalue weighted by molar-refractivity contribution is -0.120. The molecular weight excluding hydrogens is 274 g/mol. The summed E-state index contributed by atoms with van der Waals surface area (Å²) in [6.07, 6.45) is 3.72.